The Morgan fingerprint density at radius 3 is 1.86 bits per heavy atom. The van der Waals surface area contributed by atoms with Crippen LogP contribution in [0.4, 0.5) is 0 Å². The standard InChI is InChI=1S/C18H37NO2/c1-4-7-8-9-10-11-12-13-14-15-18(20)21-17-16-19(5-2)6-3/h4-17H2,1-3H3. The molecule has 0 rings (SSSR count). The topological polar surface area (TPSA) is 29.5 Å². The van der Waals surface area contributed by atoms with E-state index in [4.69, 9.17) is 4.74 Å². The number of carbonyl (C=O) groups is 1. The maximum Gasteiger partial charge on any atom is 0.305 e. The molecule has 0 aromatic carbocycles. The van der Waals surface area contributed by atoms with Crippen molar-refractivity contribution in [3.05, 3.63) is 0 Å². The van der Waals surface area contributed by atoms with Crippen LogP contribution in [-0.4, -0.2) is 37.1 Å². The second-order valence-corrected chi connectivity index (χ2v) is 5.83. The summed E-state index contributed by atoms with van der Waals surface area (Å²) in [5, 5.41) is 0. The highest BCUT2D eigenvalue weighted by molar-refractivity contribution is 5.69. The first-order valence-corrected chi connectivity index (χ1v) is 9.12. The first kappa shape index (κ1) is 20.4. The van der Waals surface area contributed by atoms with Gasteiger partial charge in [0.2, 0.25) is 0 Å². The number of rotatable bonds is 15. The number of unbranched alkanes of at least 4 members (excludes halogenated alkanes) is 8. The second-order valence-electron chi connectivity index (χ2n) is 5.83. The molecule has 0 unspecified atom stereocenters. The number of hydrogen-bond acceptors (Lipinski definition) is 3. The van der Waals surface area contributed by atoms with Crippen molar-refractivity contribution in [2.24, 2.45) is 0 Å². The summed E-state index contributed by atoms with van der Waals surface area (Å²) in [5.41, 5.74) is 0. The number of hydrogen-bond donors (Lipinski definition) is 0. The van der Waals surface area contributed by atoms with Gasteiger partial charge in [0.1, 0.15) is 6.61 Å². The molecule has 0 fully saturated rings. The van der Waals surface area contributed by atoms with Crippen LogP contribution in [0.5, 0.6) is 0 Å². The molecule has 0 aliphatic carbocycles. The zero-order valence-electron chi connectivity index (χ0n) is 14.7. The van der Waals surface area contributed by atoms with Gasteiger partial charge in [-0.2, -0.15) is 0 Å². The van der Waals surface area contributed by atoms with Gasteiger partial charge < -0.3 is 9.64 Å². The third-order valence-electron chi connectivity index (χ3n) is 4.05. The van der Waals surface area contributed by atoms with Crippen LogP contribution in [0.25, 0.3) is 0 Å². The molecule has 0 aromatic heterocycles. The van der Waals surface area contributed by atoms with Gasteiger partial charge in [-0.1, -0.05) is 72.1 Å². The summed E-state index contributed by atoms with van der Waals surface area (Å²) in [6.45, 7) is 9.95. The van der Waals surface area contributed by atoms with E-state index in [2.05, 4.69) is 25.7 Å². The van der Waals surface area contributed by atoms with Crippen LogP contribution in [0.3, 0.4) is 0 Å². The molecule has 0 N–H and O–H groups in total. The molecule has 0 amide bonds. The number of likely N-dealkylation sites (N-methyl/N-ethyl adjacent to an activating group) is 1. The van der Waals surface area contributed by atoms with Crippen molar-refractivity contribution in [2.75, 3.05) is 26.2 Å². The Kier molecular flexibility index (Phi) is 15.4. The molecule has 3 heteroatoms. The van der Waals surface area contributed by atoms with Crippen LogP contribution in [0.1, 0.15) is 85.0 Å². The van der Waals surface area contributed by atoms with Gasteiger partial charge in [-0.25, -0.2) is 0 Å². The molecule has 3 nitrogen and oxygen atoms in total. The Labute approximate surface area is 132 Å². The van der Waals surface area contributed by atoms with E-state index < -0.39 is 0 Å². The van der Waals surface area contributed by atoms with Crippen LogP contribution >= 0.6 is 0 Å². The van der Waals surface area contributed by atoms with E-state index in [1.807, 2.05) is 0 Å². The lowest BCUT2D eigenvalue weighted by Crippen LogP contribution is -2.27. The van der Waals surface area contributed by atoms with Crippen molar-refractivity contribution < 1.29 is 9.53 Å². The quantitative estimate of drug-likeness (QED) is 0.321. The average Bonchev–Trinajstić information content (AvgIpc) is 2.50. The van der Waals surface area contributed by atoms with Crippen molar-refractivity contribution in [1.82, 2.24) is 4.90 Å². The van der Waals surface area contributed by atoms with Gasteiger partial charge in [0.15, 0.2) is 0 Å². The Balaban J connectivity index is 3.26. The number of esters is 1. The van der Waals surface area contributed by atoms with Gasteiger partial charge >= 0.3 is 5.97 Å². The van der Waals surface area contributed by atoms with E-state index >= 15 is 0 Å². The van der Waals surface area contributed by atoms with E-state index in [1.165, 1.54) is 51.4 Å². The highest BCUT2D eigenvalue weighted by Crippen LogP contribution is 2.10. The minimum atomic E-state index is -0.0231. The first-order chi connectivity index (χ1) is 10.2. The normalized spacial score (nSPS) is 11.0. The van der Waals surface area contributed by atoms with Crippen LogP contribution < -0.4 is 0 Å². The third-order valence-corrected chi connectivity index (χ3v) is 4.05. The molecule has 0 saturated carbocycles. The smallest absolute Gasteiger partial charge is 0.305 e. The van der Waals surface area contributed by atoms with Gasteiger partial charge in [-0.3, -0.25) is 4.79 Å². The van der Waals surface area contributed by atoms with E-state index in [1.54, 1.807) is 0 Å². The van der Waals surface area contributed by atoms with Crippen molar-refractivity contribution in [3.63, 3.8) is 0 Å². The monoisotopic (exact) mass is 299 g/mol. The van der Waals surface area contributed by atoms with Gasteiger partial charge in [-0.05, 0) is 19.5 Å². The number of nitrogens with zero attached hydrogens (tertiary/aromatic N) is 1. The SMILES string of the molecule is CCCCCCCCCCCC(=O)OCCN(CC)CC. The summed E-state index contributed by atoms with van der Waals surface area (Å²) >= 11 is 0. The average molecular weight is 299 g/mol. The minimum absolute atomic E-state index is 0.0231. The molecule has 21 heavy (non-hydrogen) atoms. The summed E-state index contributed by atoms with van der Waals surface area (Å²) in [6, 6.07) is 0. The van der Waals surface area contributed by atoms with Crippen LogP contribution in [0.2, 0.25) is 0 Å². The highest BCUT2D eigenvalue weighted by Gasteiger charge is 2.04. The van der Waals surface area contributed by atoms with Crippen molar-refractivity contribution in [1.29, 1.82) is 0 Å². The molecule has 0 atom stereocenters. The molecule has 0 heterocycles. The lowest BCUT2D eigenvalue weighted by atomic mass is 10.1. The minimum Gasteiger partial charge on any atom is -0.464 e. The van der Waals surface area contributed by atoms with E-state index in [9.17, 15) is 4.79 Å². The largest absolute Gasteiger partial charge is 0.464 e. The van der Waals surface area contributed by atoms with Crippen molar-refractivity contribution in [2.45, 2.75) is 85.0 Å². The summed E-state index contributed by atoms with van der Waals surface area (Å²) in [4.78, 5) is 13.8. The van der Waals surface area contributed by atoms with Crippen LogP contribution in [-0.2, 0) is 9.53 Å². The van der Waals surface area contributed by atoms with Gasteiger partial charge in [0.25, 0.3) is 0 Å². The molecule has 0 aliphatic rings. The predicted molar refractivity (Wildman–Crippen MR) is 90.6 cm³/mol. The summed E-state index contributed by atoms with van der Waals surface area (Å²) in [5.74, 6) is -0.0231. The Bertz CT molecular complexity index is 227. The zero-order valence-corrected chi connectivity index (χ0v) is 14.7. The van der Waals surface area contributed by atoms with E-state index in [-0.39, 0.29) is 5.97 Å². The third kappa shape index (κ3) is 14.1. The summed E-state index contributed by atoms with van der Waals surface area (Å²) in [7, 11) is 0. The molecule has 0 aromatic rings. The number of ether oxygens (including phenoxy) is 1. The first-order valence-electron chi connectivity index (χ1n) is 9.12. The van der Waals surface area contributed by atoms with Crippen LogP contribution in [0.15, 0.2) is 0 Å². The molecule has 0 bridgehead atoms. The van der Waals surface area contributed by atoms with E-state index in [0.717, 1.165) is 26.1 Å². The lowest BCUT2D eigenvalue weighted by Gasteiger charge is -2.17. The maximum absolute atomic E-state index is 11.6. The molecular formula is C18H37NO2. The Morgan fingerprint density at radius 2 is 1.33 bits per heavy atom. The predicted octanol–water partition coefficient (Wildman–Crippen LogP) is 4.79. The molecular weight excluding hydrogens is 262 g/mol. The summed E-state index contributed by atoms with van der Waals surface area (Å²) in [6.07, 6.45) is 12.1. The van der Waals surface area contributed by atoms with Crippen LogP contribution in [0, 0.1) is 0 Å². The maximum atomic E-state index is 11.6. The highest BCUT2D eigenvalue weighted by atomic mass is 16.5. The zero-order chi connectivity index (χ0) is 15.8. The number of carbonyl (C=O) groups excluding carboxylic acids is 1. The lowest BCUT2D eigenvalue weighted by molar-refractivity contribution is -0.144. The Hall–Kier alpha value is -0.570. The van der Waals surface area contributed by atoms with E-state index in [0.29, 0.717) is 13.0 Å². The van der Waals surface area contributed by atoms with Crippen molar-refractivity contribution in [3.8, 4) is 0 Å². The fraction of sp³-hybridized carbons (Fsp3) is 0.944. The Morgan fingerprint density at radius 1 is 0.810 bits per heavy atom. The summed E-state index contributed by atoms with van der Waals surface area (Å²) < 4.78 is 5.27. The van der Waals surface area contributed by atoms with Gasteiger partial charge in [0.05, 0.1) is 0 Å². The van der Waals surface area contributed by atoms with Gasteiger partial charge in [0, 0.05) is 13.0 Å². The molecule has 126 valence electrons. The molecule has 0 spiro atoms. The second kappa shape index (κ2) is 15.8. The van der Waals surface area contributed by atoms with Crippen molar-refractivity contribution >= 4 is 5.97 Å². The van der Waals surface area contributed by atoms with Gasteiger partial charge in [-0.15, -0.1) is 0 Å². The molecule has 0 radical (unpaired) electrons. The molecule has 0 aliphatic heterocycles. The molecule has 0 saturated heterocycles. The fourth-order valence-electron chi connectivity index (χ4n) is 2.48. The fourth-order valence-corrected chi connectivity index (χ4v) is 2.48.